The molecule has 0 aliphatic rings. The number of hydrogen-bond acceptors (Lipinski definition) is 6. The van der Waals surface area contributed by atoms with Gasteiger partial charge in [0.1, 0.15) is 0 Å². The third kappa shape index (κ3) is 3.65. The van der Waals surface area contributed by atoms with Crippen molar-refractivity contribution in [3.8, 4) is 0 Å². The van der Waals surface area contributed by atoms with E-state index < -0.39 is 9.84 Å². The number of aryl methyl sites for hydroxylation is 2. The number of nitrogens with zero attached hydrogens (tertiary/aromatic N) is 3. The van der Waals surface area contributed by atoms with Crippen molar-refractivity contribution in [1.29, 1.82) is 0 Å². The second-order valence-electron chi connectivity index (χ2n) is 6.13. The first-order valence-electron chi connectivity index (χ1n) is 8.48. The molecule has 0 saturated heterocycles. The summed E-state index contributed by atoms with van der Waals surface area (Å²) in [5.41, 5.74) is 8.70. The lowest BCUT2D eigenvalue weighted by Gasteiger charge is -2.11. The molecule has 9 heteroatoms. The SMILES string of the molecule is CNc1nn2c(C)c(CCCN)c(C)nc2c1S(=O)(=O)c1ccccc1.Cl. The molecule has 3 N–H and O–H groups in total. The molecule has 1 aromatic carbocycles. The number of sulfone groups is 1. The molecule has 3 aromatic rings. The summed E-state index contributed by atoms with van der Waals surface area (Å²) in [6, 6.07) is 8.34. The van der Waals surface area contributed by atoms with Crippen molar-refractivity contribution in [1.82, 2.24) is 14.6 Å². The minimum Gasteiger partial charge on any atom is -0.370 e. The minimum atomic E-state index is -3.76. The van der Waals surface area contributed by atoms with Crippen LogP contribution in [0.2, 0.25) is 0 Å². The van der Waals surface area contributed by atoms with Crippen LogP contribution >= 0.6 is 12.4 Å². The van der Waals surface area contributed by atoms with Crippen LogP contribution in [-0.2, 0) is 16.3 Å². The average Bonchev–Trinajstić information content (AvgIpc) is 3.01. The number of fused-ring (bicyclic) bond motifs is 1. The van der Waals surface area contributed by atoms with Gasteiger partial charge in [-0.15, -0.1) is 17.5 Å². The molecule has 2 heterocycles. The Morgan fingerprint density at radius 2 is 1.85 bits per heavy atom. The largest absolute Gasteiger partial charge is 0.370 e. The smallest absolute Gasteiger partial charge is 0.214 e. The molecule has 0 fully saturated rings. The van der Waals surface area contributed by atoms with E-state index in [9.17, 15) is 8.42 Å². The van der Waals surface area contributed by atoms with Gasteiger partial charge in [-0.05, 0) is 50.9 Å². The van der Waals surface area contributed by atoms with Crippen molar-refractivity contribution in [2.45, 2.75) is 36.5 Å². The highest BCUT2D eigenvalue weighted by Crippen LogP contribution is 2.32. The zero-order chi connectivity index (χ0) is 18.9. The summed E-state index contributed by atoms with van der Waals surface area (Å²) >= 11 is 0. The molecule has 0 amide bonds. The summed E-state index contributed by atoms with van der Waals surface area (Å²) in [5, 5.41) is 7.36. The van der Waals surface area contributed by atoms with Crippen LogP contribution in [-0.4, -0.2) is 36.6 Å². The van der Waals surface area contributed by atoms with E-state index in [1.807, 2.05) is 13.8 Å². The van der Waals surface area contributed by atoms with Crippen LogP contribution in [0.5, 0.6) is 0 Å². The predicted molar refractivity (Wildman–Crippen MR) is 109 cm³/mol. The van der Waals surface area contributed by atoms with E-state index in [0.717, 1.165) is 29.8 Å². The molecule has 0 saturated carbocycles. The molecule has 0 radical (unpaired) electrons. The number of nitrogens with one attached hydrogen (secondary N) is 1. The Morgan fingerprint density at radius 1 is 1.19 bits per heavy atom. The second kappa shape index (κ2) is 8.24. The number of hydrogen-bond donors (Lipinski definition) is 2. The standard InChI is InChI=1S/C18H23N5O2S.ClH/c1-12-15(10-7-11-19)13(2)23-18(21-12)16(17(20-3)22-23)26(24,25)14-8-5-4-6-9-14;/h4-6,8-9H,7,10-11,19H2,1-3H3,(H,20,22);1H. The summed E-state index contributed by atoms with van der Waals surface area (Å²) in [5.74, 6) is 0.292. The molecule has 0 aliphatic heterocycles. The van der Waals surface area contributed by atoms with Crippen molar-refractivity contribution in [2.75, 3.05) is 18.9 Å². The highest BCUT2D eigenvalue weighted by atomic mass is 35.5. The lowest BCUT2D eigenvalue weighted by molar-refractivity contribution is 0.597. The highest BCUT2D eigenvalue weighted by molar-refractivity contribution is 7.91. The fourth-order valence-electron chi connectivity index (χ4n) is 3.11. The molecular weight excluding hydrogens is 386 g/mol. The van der Waals surface area contributed by atoms with Crippen molar-refractivity contribution in [3.05, 3.63) is 47.3 Å². The van der Waals surface area contributed by atoms with E-state index in [1.165, 1.54) is 0 Å². The average molecular weight is 410 g/mol. The fraction of sp³-hybridized carbons (Fsp3) is 0.333. The van der Waals surface area contributed by atoms with Crippen LogP contribution in [0.25, 0.3) is 5.65 Å². The maximum absolute atomic E-state index is 13.2. The molecule has 0 spiro atoms. The van der Waals surface area contributed by atoms with Gasteiger partial charge in [0.25, 0.3) is 0 Å². The predicted octanol–water partition coefficient (Wildman–Crippen LogP) is 2.53. The third-order valence-electron chi connectivity index (χ3n) is 4.47. The number of halogens is 1. The van der Waals surface area contributed by atoms with E-state index in [1.54, 1.807) is 41.9 Å². The molecule has 0 bridgehead atoms. The Hall–Kier alpha value is -2.16. The summed E-state index contributed by atoms with van der Waals surface area (Å²) in [6.07, 6.45) is 1.62. The first-order valence-corrected chi connectivity index (χ1v) is 9.97. The first-order chi connectivity index (χ1) is 12.4. The molecule has 0 unspecified atom stereocenters. The van der Waals surface area contributed by atoms with Gasteiger partial charge < -0.3 is 11.1 Å². The summed E-state index contributed by atoms with van der Waals surface area (Å²) in [6.45, 7) is 4.41. The molecule has 2 aromatic heterocycles. The number of aromatic nitrogens is 3. The van der Waals surface area contributed by atoms with Crippen molar-refractivity contribution < 1.29 is 8.42 Å². The first kappa shape index (κ1) is 21.1. The molecular formula is C18H24ClN5O2S. The van der Waals surface area contributed by atoms with Gasteiger partial charge in [-0.25, -0.2) is 17.9 Å². The Balaban J connectivity index is 0.00000261. The van der Waals surface area contributed by atoms with Crippen molar-refractivity contribution >= 4 is 33.7 Å². The lowest BCUT2D eigenvalue weighted by Crippen LogP contribution is -2.09. The van der Waals surface area contributed by atoms with Crippen LogP contribution < -0.4 is 11.1 Å². The third-order valence-corrected chi connectivity index (χ3v) is 6.28. The van der Waals surface area contributed by atoms with E-state index in [0.29, 0.717) is 18.0 Å². The molecule has 146 valence electrons. The highest BCUT2D eigenvalue weighted by Gasteiger charge is 2.29. The maximum Gasteiger partial charge on any atom is 0.214 e. The van der Waals surface area contributed by atoms with Crippen LogP contribution in [0.3, 0.4) is 0 Å². The Kier molecular flexibility index (Phi) is 6.46. The van der Waals surface area contributed by atoms with Crippen LogP contribution in [0, 0.1) is 13.8 Å². The van der Waals surface area contributed by atoms with Gasteiger partial charge in [-0.2, -0.15) is 0 Å². The normalized spacial score (nSPS) is 11.4. The number of rotatable bonds is 6. The Bertz CT molecular complexity index is 1050. The van der Waals surface area contributed by atoms with E-state index in [2.05, 4.69) is 15.4 Å². The van der Waals surface area contributed by atoms with Crippen LogP contribution in [0.15, 0.2) is 40.1 Å². The summed E-state index contributed by atoms with van der Waals surface area (Å²) < 4.78 is 28.0. The molecule has 3 rings (SSSR count). The number of benzene rings is 1. The number of nitrogens with two attached hydrogens (primary N) is 1. The summed E-state index contributed by atoms with van der Waals surface area (Å²) in [4.78, 5) is 4.91. The van der Waals surface area contributed by atoms with Gasteiger partial charge in [0.15, 0.2) is 16.4 Å². The van der Waals surface area contributed by atoms with Gasteiger partial charge in [-0.1, -0.05) is 18.2 Å². The van der Waals surface area contributed by atoms with Crippen LogP contribution in [0.1, 0.15) is 23.4 Å². The van der Waals surface area contributed by atoms with Gasteiger partial charge in [0.05, 0.1) is 4.90 Å². The lowest BCUT2D eigenvalue weighted by atomic mass is 10.1. The van der Waals surface area contributed by atoms with E-state index >= 15 is 0 Å². The number of anilines is 1. The molecule has 7 nitrogen and oxygen atoms in total. The van der Waals surface area contributed by atoms with Crippen molar-refractivity contribution in [3.63, 3.8) is 0 Å². The monoisotopic (exact) mass is 409 g/mol. The van der Waals surface area contributed by atoms with Crippen molar-refractivity contribution in [2.24, 2.45) is 5.73 Å². The van der Waals surface area contributed by atoms with Gasteiger partial charge in [0.2, 0.25) is 9.84 Å². The fourth-order valence-corrected chi connectivity index (χ4v) is 4.63. The second-order valence-corrected chi connectivity index (χ2v) is 8.02. The maximum atomic E-state index is 13.2. The van der Waals surface area contributed by atoms with Gasteiger partial charge in [0, 0.05) is 18.4 Å². The Labute approximate surface area is 165 Å². The summed E-state index contributed by atoms with van der Waals surface area (Å²) in [7, 11) is -2.10. The van der Waals surface area contributed by atoms with Crippen LogP contribution in [0.4, 0.5) is 5.82 Å². The zero-order valence-corrected chi connectivity index (χ0v) is 17.2. The zero-order valence-electron chi connectivity index (χ0n) is 15.6. The molecule has 27 heavy (non-hydrogen) atoms. The molecule has 0 atom stereocenters. The van der Waals surface area contributed by atoms with E-state index in [4.69, 9.17) is 5.73 Å². The molecule has 0 aliphatic carbocycles. The topological polar surface area (TPSA) is 102 Å². The van der Waals surface area contributed by atoms with Gasteiger partial charge in [-0.3, -0.25) is 0 Å². The van der Waals surface area contributed by atoms with E-state index in [-0.39, 0.29) is 22.2 Å². The van der Waals surface area contributed by atoms with Gasteiger partial charge >= 0.3 is 0 Å². The minimum absolute atomic E-state index is 0. The quantitative estimate of drug-likeness (QED) is 0.648. The Morgan fingerprint density at radius 3 is 2.44 bits per heavy atom.